The number of anilines is 2. The summed E-state index contributed by atoms with van der Waals surface area (Å²) in [6.45, 7) is 4.25. The topological polar surface area (TPSA) is 45.4 Å². The fourth-order valence-electron chi connectivity index (χ4n) is 3.78. The Hall–Kier alpha value is -1.07. The summed E-state index contributed by atoms with van der Waals surface area (Å²) < 4.78 is 1.24. The van der Waals surface area contributed by atoms with Crippen LogP contribution in [-0.4, -0.2) is 37.1 Å². The van der Waals surface area contributed by atoms with Gasteiger partial charge in [-0.25, -0.2) is 4.98 Å². The molecule has 0 unspecified atom stereocenters. The summed E-state index contributed by atoms with van der Waals surface area (Å²) >= 11 is 3.77. The van der Waals surface area contributed by atoms with Crippen LogP contribution in [0, 0.1) is 0 Å². The molecule has 2 aliphatic rings. The third-order valence-electron chi connectivity index (χ3n) is 5.22. The molecule has 3 rings (SSSR count). The van der Waals surface area contributed by atoms with Gasteiger partial charge in [0.2, 0.25) is 0 Å². The zero-order valence-corrected chi connectivity index (χ0v) is 16.7. The Morgan fingerprint density at radius 2 is 1.92 bits per heavy atom. The van der Waals surface area contributed by atoms with Gasteiger partial charge in [-0.15, -0.1) is 0 Å². The van der Waals surface area contributed by atoms with Gasteiger partial charge < -0.3 is 15.5 Å². The van der Waals surface area contributed by atoms with Crippen molar-refractivity contribution in [1.29, 1.82) is 0 Å². The summed E-state index contributed by atoms with van der Waals surface area (Å²) in [5.74, 6) is 1.10. The van der Waals surface area contributed by atoms with E-state index in [1.54, 1.807) is 0 Å². The molecule has 0 fully saturated rings. The number of nitrogen functional groups attached to an aromatic ring is 1. The molecule has 24 heavy (non-hydrogen) atoms. The van der Waals surface area contributed by atoms with Crippen molar-refractivity contribution >= 4 is 27.4 Å². The highest BCUT2D eigenvalue weighted by atomic mass is 79.9. The maximum atomic E-state index is 6.62. The van der Waals surface area contributed by atoms with Gasteiger partial charge >= 0.3 is 0 Å². The van der Waals surface area contributed by atoms with Gasteiger partial charge in [-0.1, -0.05) is 22.4 Å². The first-order chi connectivity index (χ1) is 11.5. The largest absolute Gasteiger partial charge is 0.398 e. The molecule has 2 heterocycles. The number of pyridine rings is 1. The van der Waals surface area contributed by atoms with Gasteiger partial charge in [-0.2, -0.15) is 0 Å². The molecule has 1 aromatic rings. The molecule has 0 spiro atoms. The second kappa shape index (κ2) is 7.44. The predicted molar refractivity (Wildman–Crippen MR) is 106 cm³/mol. The molecule has 1 aliphatic carbocycles. The van der Waals surface area contributed by atoms with Gasteiger partial charge in [-0.05, 0) is 65.2 Å². The fourth-order valence-corrected chi connectivity index (χ4v) is 4.28. The van der Waals surface area contributed by atoms with Crippen LogP contribution in [0.15, 0.2) is 10.2 Å². The lowest BCUT2D eigenvalue weighted by Crippen LogP contribution is -2.31. The first-order valence-corrected chi connectivity index (χ1v) is 9.86. The van der Waals surface area contributed by atoms with Crippen LogP contribution in [-0.2, 0) is 19.3 Å². The highest BCUT2D eigenvalue weighted by molar-refractivity contribution is 9.11. The molecule has 2 N–H and O–H groups in total. The van der Waals surface area contributed by atoms with Crippen molar-refractivity contribution < 1.29 is 0 Å². The smallest absolute Gasteiger partial charge is 0.138 e. The minimum Gasteiger partial charge on any atom is -0.398 e. The highest BCUT2D eigenvalue weighted by Gasteiger charge is 2.28. The van der Waals surface area contributed by atoms with Crippen molar-refractivity contribution in [3.05, 3.63) is 27.0 Å². The van der Waals surface area contributed by atoms with Crippen molar-refractivity contribution in [2.45, 2.75) is 51.9 Å². The number of fused-ring (bicyclic) bond motifs is 2. The molecule has 132 valence electrons. The van der Waals surface area contributed by atoms with Crippen LogP contribution in [0.2, 0.25) is 0 Å². The van der Waals surface area contributed by atoms with Gasteiger partial charge in [0.15, 0.2) is 0 Å². The van der Waals surface area contributed by atoms with Gasteiger partial charge in [0.25, 0.3) is 0 Å². The number of nitrogens with zero attached hydrogens (tertiary/aromatic N) is 3. The average Bonchev–Trinajstić information content (AvgIpc) is 2.78. The van der Waals surface area contributed by atoms with Crippen molar-refractivity contribution in [3.63, 3.8) is 0 Å². The van der Waals surface area contributed by atoms with E-state index in [4.69, 9.17) is 10.7 Å². The van der Waals surface area contributed by atoms with Gasteiger partial charge in [0.1, 0.15) is 5.82 Å². The van der Waals surface area contributed by atoms with E-state index in [1.807, 2.05) is 0 Å². The molecule has 0 atom stereocenters. The summed E-state index contributed by atoms with van der Waals surface area (Å²) in [7, 11) is 4.25. The predicted octanol–water partition coefficient (Wildman–Crippen LogP) is 3.87. The fraction of sp³-hybridized carbons (Fsp3) is 0.632. The lowest BCUT2D eigenvalue weighted by molar-refractivity contribution is 0.401. The lowest BCUT2D eigenvalue weighted by atomic mass is 9.97. The number of hydrogen-bond acceptors (Lipinski definition) is 4. The van der Waals surface area contributed by atoms with Crippen molar-refractivity contribution in [1.82, 2.24) is 9.88 Å². The van der Waals surface area contributed by atoms with Gasteiger partial charge in [-0.3, -0.25) is 0 Å². The number of aromatic nitrogens is 1. The molecule has 1 aliphatic heterocycles. The molecule has 5 heteroatoms. The van der Waals surface area contributed by atoms with Crippen LogP contribution in [0.4, 0.5) is 11.5 Å². The Bertz CT molecular complexity index is 651. The molecular formula is C19H29BrN4. The van der Waals surface area contributed by atoms with Crippen molar-refractivity contribution in [2.75, 3.05) is 37.8 Å². The lowest BCUT2D eigenvalue weighted by Gasteiger charge is -2.34. The Morgan fingerprint density at radius 3 is 2.67 bits per heavy atom. The minimum absolute atomic E-state index is 0.872. The van der Waals surface area contributed by atoms with Crippen molar-refractivity contribution in [2.24, 2.45) is 0 Å². The van der Waals surface area contributed by atoms with E-state index < -0.39 is 0 Å². The maximum Gasteiger partial charge on any atom is 0.138 e. The Kier molecular flexibility index (Phi) is 5.50. The molecule has 0 saturated heterocycles. The zero-order chi connectivity index (χ0) is 17.3. The summed E-state index contributed by atoms with van der Waals surface area (Å²) in [4.78, 5) is 9.72. The summed E-state index contributed by atoms with van der Waals surface area (Å²) in [6, 6.07) is 0. The van der Waals surface area contributed by atoms with Crippen LogP contribution in [0.25, 0.3) is 0 Å². The quantitative estimate of drug-likeness (QED) is 0.789. The molecule has 0 bridgehead atoms. The minimum atomic E-state index is 0.872. The highest BCUT2D eigenvalue weighted by Crippen LogP contribution is 2.40. The third-order valence-corrected chi connectivity index (χ3v) is 6.08. The van der Waals surface area contributed by atoms with Crippen LogP contribution in [0.5, 0.6) is 0 Å². The van der Waals surface area contributed by atoms with Crippen LogP contribution < -0.4 is 10.6 Å². The first-order valence-electron chi connectivity index (χ1n) is 9.06. The first kappa shape index (κ1) is 17.7. The van der Waals surface area contributed by atoms with Crippen LogP contribution >= 0.6 is 15.9 Å². The molecule has 0 aromatic carbocycles. The van der Waals surface area contributed by atoms with Crippen molar-refractivity contribution in [3.8, 4) is 0 Å². The van der Waals surface area contributed by atoms with E-state index in [1.165, 1.54) is 46.3 Å². The average molecular weight is 393 g/mol. The van der Waals surface area contributed by atoms with E-state index in [0.29, 0.717) is 0 Å². The summed E-state index contributed by atoms with van der Waals surface area (Å²) in [5.41, 5.74) is 12.7. The van der Waals surface area contributed by atoms with E-state index >= 15 is 0 Å². The van der Waals surface area contributed by atoms with Crippen LogP contribution in [0.1, 0.15) is 49.4 Å². The zero-order valence-electron chi connectivity index (χ0n) is 15.2. The molecule has 0 amide bonds. The SMILES string of the molecule is CC1=C(Br)Cc2c(nc3c(c2N)CCCCC3)N1CCCN(C)C. The maximum absolute atomic E-state index is 6.62. The molecule has 4 nitrogen and oxygen atoms in total. The Labute approximate surface area is 154 Å². The number of aryl methyl sites for hydroxylation is 1. The number of rotatable bonds is 4. The second-order valence-electron chi connectivity index (χ2n) is 7.29. The number of halogens is 1. The van der Waals surface area contributed by atoms with Crippen LogP contribution in [0.3, 0.4) is 0 Å². The normalized spacial score (nSPS) is 17.8. The van der Waals surface area contributed by atoms with Gasteiger partial charge in [0, 0.05) is 40.1 Å². The van der Waals surface area contributed by atoms with E-state index in [-0.39, 0.29) is 0 Å². The number of allylic oxidation sites excluding steroid dienone is 2. The monoisotopic (exact) mass is 392 g/mol. The van der Waals surface area contributed by atoms with E-state index in [9.17, 15) is 0 Å². The Morgan fingerprint density at radius 1 is 1.17 bits per heavy atom. The van der Waals surface area contributed by atoms with Gasteiger partial charge in [0.05, 0.1) is 0 Å². The number of nitrogens with two attached hydrogens (primary N) is 1. The standard InChI is InChI=1S/C19H29BrN4/c1-13-16(20)12-15-18(21)14-8-5-4-6-9-17(14)22-19(15)24(13)11-7-10-23(2)3/h4-12H2,1-3H3,(H2,21,22). The van der Waals surface area contributed by atoms with E-state index in [0.717, 1.165) is 50.3 Å². The molecule has 1 aromatic heterocycles. The molecule has 0 saturated carbocycles. The summed E-state index contributed by atoms with van der Waals surface area (Å²) in [5, 5.41) is 0. The summed E-state index contributed by atoms with van der Waals surface area (Å²) in [6.07, 6.45) is 7.90. The molecule has 0 radical (unpaired) electrons. The molecular weight excluding hydrogens is 364 g/mol. The second-order valence-corrected chi connectivity index (χ2v) is 8.25. The number of hydrogen-bond donors (Lipinski definition) is 1. The third kappa shape index (κ3) is 3.47. The Balaban J connectivity index is 1.98. The van der Waals surface area contributed by atoms with E-state index in [2.05, 4.69) is 46.7 Å².